The van der Waals surface area contributed by atoms with Crippen molar-refractivity contribution >= 4 is 0 Å². The summed E-state index contributed by atoms with van der Waals surface area (Å²) in [6.45, 7) is -0.474. The van der Waals surface area contributed by atoms with Gasteiger partial charge in [0.25, 0.3) is 0 Å². The molecule has 1 nitrogen and oxygen atoms in total. The van der Waals surface area contributed by atoms with Crippen LogP contribution in [0.5, 0.6) is 5.75 Å². The molecule has 0 radical (unpaired) electrons. The van der Waals surface area contributed by atoms with Crippen LogP contribution < -0.4 is 4.74 Å². The van der Waals surface area contributed by atoms with E-state index < -0.39 is 6.61 Å². The fourth-order valence-corrected chi connectivity index (χ4v) is 5.19. The Bertz CT molecular complexity index is 599. The van der Waals surface area contributed by atoms with Crippen molar-refractivity contribution in [1.29, 1.82) is 0 Å². The Morgan fingerprint density at radius 2 is 1.68 bits per heavy atom. The van der Waals surface area contributed by atoms with Crippen LogP contribution >= 0.6 is 0 Å². The van der Waals surface area contributed by atoms with Gasteiger partial charge in [-0.1, -0.05) is 50.0 Å². The first kappa shape index (κ1) is 21.3. The van der Waals surface area contributed by atoms with E-state index in [4.69, 9.17) is 0 Å². The van der Waals surface area contributed by atoms with Gasteiger partial charge in [-0.05, 0) is 93.2 Å². The minimum absolute atomic E-state index is 0.256. The quantitative estimate of drug-likeness (QED) is 0.304. The molecule has 1 aromatic carbocycles. The molecule has 0 amide bonds. The van der Waals surface area contributed by atoms with E-state index in [1.807, 2.05) is 12.1 Å². The van der Waals surface area contributed by atoms with Gasteiger partial charge >= 0.3 is 6.61 Å². The first-order valence-electron chi connectivity index (χ1n) is 11.4. The third-order valence-corrected chi connectivity index (χ3v) is 6.91. The topological polar surface area (TPSA) is 9.23 Å². The van der Waals surface area contributed by atoms with Crippen LogP contribution in [0.3, 0.4) is 0 Å². The third kappa shape index (κ3) is 6.32. The second-order valence-corrected chi connectivity index (χ2v) is 8.77. The molecular weight excluding hydrogens is 354 g/mol. The van der Waals surface area contributed by atoms with Gasteiger partial charge in [-0.25, -0.2) is 0 Å². The second-order valence-electron chi connectivity index (χ2n) is 8.77. The first-order valence-corrected chi connectivity index (χ1v) is 11.4. The average molecular weight is 391 g/mol. The highest BCUT2D eigenvalue weighted by molar-refractivity contribution is 5.29. The fourth-order valence-electron chi connectivity index (χ4n) is 5.19. The summed E-state index contributed by atoms with van der Waals surface area (Å²) in [5, 5.41) is 0. The SMILES string of the molecule is CCCCCCC1=CCC(C2CCC(c3ccc(OC(F)F)cc3)CC2)CC1. The highest BCUT2D eigenvalue weighted by Crippen LogP contribution is 2.43. The number of allylic oxidation sites excluding steroid dienone is 2. The minimum atomic E-state index is -2.75. The zero-order valence-corrected chi connectivity index (χ0v) is 17.3. The Hall–Kier alpha value is -1.38. The summed E-state index contributed by atoms with van der Waals surface area (Å²) in [6, 6.07) is 7.30. The Morgan fingerprint density at radius 1 is 0.929 bits per heavy atom. The van der Waals surface area contributed by atoms with E-state index in [1.165, 1.54) is 82.6 Å². The molecule has 2 aliphatic carbocycles. The fraction of sp³-hybridized carbons (Fsp3) is 0.680. The highest BCUT2D eigenvalue weighted by Gasteiger charge is 2.29. The van der Waals surface area contributed by atoms with Gasteiger partial charge in [-0.3, -0.25) is 0 Å². The van der Waals surface area contributed by atoms with Gasteiger partial charge in [0.15, 0.2) is 0 Å². The largest absolute Gasteiger partial charge is 0.435 e. The zero-order valence-electron chi connectivity index (χ0n) is 17.3. The molecule has 156 valence electrons. The molecule has 0 bridgehead atoms. The first-order chi connectivity index (χ1) is 13.7. The number of benzene rings is 1. The van der Waals surface area contributed by atoms with Gasteiger partial charge < -0.3 is 4.74 Å². The van der Waals surface area contributed by atoms with Crippen molar-refractivity contribution in [2.45, 2.75) is 96.5 Å². The highest BCUT2D eigenvalue weighted by atomic mass is 19.3. The maximum atomic E-state index is 12.3. The van der Waals surface area contributed by atoms with Crippen molar-refractivity contribution in [3.63, 3.8) is 0 Å². The maximum Gasteiger partial charge on any atom is 0.387 e. The lowest BCUT2D eigenvalue weighted by atomic mass is 9.70. The summed E-state index contributed by atoms with van der Waals surface area (Å²) in [4.78, 5) is 0. The zero-order chi connectivity index (χ0) is 19.8. The number of rotatable bonds is 9. The molecule has 28 heavy (non-hydrogen) atoms. The van der Waals surface area contributed by atoms with Crippen molar-refractivity contribution < 1.29 is 13.5 Å². The number of alkyl halides is 2. The normalized spacial score (nSPS) is 25.6. The molecule has 0 N–H and O–H groups in total. The van der Waals surface area contributed by atoms with E-state index in [0.717, 1.165) is 11.8 Å². The molecule has 2 aliphatic rings. The Morgan fingerprint density at radius 3 is 2.29 bits per heavy atom. The van der Waals surface area contributed by atoms with Crippen molar-refractivity contribution in [3.05, 3.63) is 41.5 Å². The number of unbranched alkanes of at least 4 members (excludes halogenated alkanes) is 3. The summed E-state index contributed by atoms with van der Waals surface area (Å²) in [5.74, 6) is 2.58. The van der Waals surface area contributed by atoms with Crippen molar-refractivity contribution in [1.82, 2.24) is 0 Å². The molecule has 0 spiro atoms. The van der Waals surface area contributed by atoms with Crippen LogP contribution in [0.4, 0.5) is 8.78 Å². The summed E-state index contributed by atoms with van der Waals surface area (Å²) >= 11 is 0. The molecule has 1 fully saturated rings. The maximum absolute atomic E-state index is 12.3. The van der Waals surface area contributed by atoms with Gasteiger partial charge in [0, 0.05) is 0 Å². The molecular formula is C25H36F2O. The van der Waals surface area contributed by atoms with E-state index in [1.54, 1.807) is 17.7 Å². The summed E-state index contributed by atoms with van der Waals surface area (Å²) < 4.78 is 29.0. The van der Waals surface area contributed by atoms with Gasteiger partial charge in [0.1, 0.15) is 5.75 Å². The van der Waals surface area contributed by atoms with Crippen LogP contribution in [-0.4, -0.2) is 6.61 Å². The van der Waals surface area contributed by atoms with Gasteiger partial charge in [0.2, 0.25) is 0 Å². The van der Waals surface area contributed by atoms with E-state index in [0.29, 0.717) is 5.92 Å². The van der Waals surface area contributed by atoms with Crippen molar-refractivity contribution in [3.8, 4) is 5.75 Å². The van der Waals surface area contributed by atoms with Gasteiger partial charge in [0.05, 0.1) is 0 Å². The Labute approximate surface area is 169 Å². The van der Waals surface area contributed by atoms with E-state index in [-0.39, 0.29) is 5.75 Å². The second kappa shape index (κ2) is 11.0. The van der Waals surface area contributed by atoms with Crippen LogP contribution in [-0.2, 0) is 0 Å². The number of hydrogen-bond donors (Lipinski definition) is 0. The summed E-state index contributed by atoms with van der Waals surface area (Å²) in [6.07, 6.45) is 18.4. The standard InChI is InChI=1S/C25H36F2O/c1-2-3-4-5-6-19-7-9-20(10-8-19)21-11-13-22(14-12-21)23-15-17-24(18-16-23)28-25(26)27/h7,15-18,20-22,25H,2-6,8-14H2,1H3. The molecule has 0 saturated heterocycles. The number of halogens is 2. The summed E-state index contributed by atoms with van der Waals surface area (Å²) in [7, 11) is 0. The molecule has 3 rings (SSSR count). The molecule has 1 unspecified atom stereocenters. The van der Waals surface area contributed by atoms with Crippen LogP contribution in [0.1, 0.15) is 95.5 Å². The predicted octanol–water partition coefficient (Wildman–Crippen LogP) is 8.26. The van der Waals surface area contributed by atoms with Crippen molar-refractivity contribution in [2.75, 3.05) is 0 Å². The molecule has 3 heteroatoms. The lowest BCUT2D eigenvalue weighted by molar-refractivity contribution is -0.0498. The smallest absolute Gasteiger partial charge is 0.387 e. The molecule has 0 aliphatic heterocycles. The Kier molecular flexibility index (Phi) is 8.36. The lowest BCUT2D eigenvalue weighted by Crippen LogP contribution is -2.22. The molecule has 0 heterocycles. The van der Waals surface area contributed by atoms with Crippen molar-refractivity contribution in [2.24, 2.45) is 11.8 Å². The molecule has 1 atom stereocenters. The van der Waals surface area contributed by atoms with Crippen LogP contribution in [0.2, 0.25) is 0 Å². The molecule has 1 saturated carbocycles. The van der Waals surface area contributed by atoms with Crippen LogP contribution in [0.15, 0.2) is 35.9 Å². The van der Waals surface area contributed by atoms with E-state index in [2.05, 4.69) is 17.7 Å². The predicted molar refractivity (Wildman–Crippen MR) is 112 cm³/mol. The Balaban J connectivity index is 1.41. The average Bonchev–Trinajstić information content (AvgIpc) is 2.72. The third-order valence-electron chi connectivity index (χ3n) is 6.91. The van der Waals surface area contributed by atoms with Crippen LogP contribution in [0, 0.1) is 11.8 Å². The minimum Gasteiger partial charge on any atom is -0.435 e. The molecule has 0 aromatic heterocycles. The van der Waals surface area contributed by atoms with Gasteiger partial charge in [-0.2, -0.15) is 8.78 Å². The monoisotopic (exact) mass is 390 g/mol. The number of ether oxygens (including phenoxy) is 1. The lowest BCUT2D eigenvalue weighted by Gasteiger charge is -2.35. The van der Waals surface area contributed by atoms with E-state index in [9.17, 15) is 8.78 Å². The number of hydrogen-bond acceptors (Lipinski definition) is 1. The van der Waals surface area contributed by atoms with E-state index >= 15 is 0 Å². The van der Waals surface area contributed by atoms with Crippen LogP contribution in [0.25, 0.3) is 0 Å². The summed E-state index contributed by atoms with van der Waals surface area (Å²) in [5.41, 5.74) is 2.99. The molecule has 1 aromatic rings. The van der Waals surface area contributed by atoms with Gasteiger partial charge in [-0.15, -0.1) is 0 Å².